The summed E-state index contributed by atoms with van der Waals surface area (Å²) in [6.07, 6.45) is 2.46. The van der Waals surface area contributed by atoms with Crippen LogP contribution in [0, 0.1) is 0 Å². The summed E-state index contributed by atoms with van der Waals surface area (Å²) in [6, 6.07) is 14.5. The molecule has 0 bridgehead atoms. The normalized spacial score (nSPS) is 12.4. The standard InChI is InChI=1S/C26H20Br3Cl2N3O2/c1-3-14(2)25-33-23-7-5-17(27)10-19(23)26(35)34(25)32-12-15-8-20(28)24(21(29)9-15)36-13-16-4-6-18(30)11-22(16)31/h4-12,14H,3,13H2,1-2H3/t14-/m1/s1. The van der Waals surface area contributed by atoms with Crippen molar-refractivity contribution in [3.63, 3.8) is 0 Å². The molecule has 4 aromatic rings. The quantitative estimate of drug-likeness (QED) is 0.180. The smallest absolute Gasteiger partial charge is 0.282 e. The van der Waals surface area contributed by atoms with Crippen LogP contribution in [0.25, 0.3) is 10.9 Å². The van der Waals surface area contributed by atoms with Gasteiger partial charge in [0, 0.05) is 26.0 Å². The first-order valence-electron chi connectivity index (χ1n) is 11.0. The summed E-state index contributed by atoms with van der Waals surface area (Å²) >= 11 is 22.8. The average Bonchev–Trinajstić information content (AvgIpc) is 2.83. The van der Waals surface area contributed by atoms with Gasteiger partial charge in [-0.3, -0.25) is 4.79 Å². The zero-order valence-corrected chi connectivity index (χ0v) is 25.5. The van der Waals surface area contributed by atoms with Crippen molar-refractivity contribution >= 4 is 88.1 Å². The molecule has 0 amide bonds. The molecule has 0 aliphatic heterocycles. The van der Waals surface area contributed by atoms with Crippen LogP contribution in [0.1, 0.15) is 43.1 Å². The van der Waals surface area contributed by atoms with Gasteiger partial charge in [0.1, 0.15) is 18.2 Å². The van der Waals surface area contributed by atoms with E-state index in [-0.39, 0.29) is 18.1 Å². The van der Waals surface area contributed by atoms with E-state index in [1.54, 1.807) is 24.4 Å². The largest absolute Gasteiger partial charge is 0.486 e. The molecule has 0 aliphatic rings. The van der Waals surface area contributed by atoms with Gasteiger partial charge in [-0.25, -0.2) is 4.98 Å². The monoisotopic (exact) mass is 713 g/mol. The van der Waals surface area contributed by atoms with Gasteiger partial charge < -0.3 is 4.74 Å². The number of aromatic nitrogens is 2. The van der Waals surface area contributed by atoms with E-state index in [2.05, 4.69) is 59.8 Å². The van der Waals surface area contributed by atoms with Crippen molar-refractivity contribution in [3.8, 4) is 5.75 Å². The first-order valence-corrected chi connectivity index (χ1v) is 14.1. The Labute approximate surface area is 243 Å². The number of rotatable bonds is 7. The van der Waals surface area contributed by atoms with Crippen molar-refractivity contribution in [1.29, 1.82) is 0 Å². The van der Waals surface area contributed by atoms with Gasteiger partial charge in [-0.2, -0.15) is 9.78 Å². The summed E-state index contributed by atoms with van der Waals surface area (Å²) in [6.45, 7) is 4.36. The average molecular weight is 717 g/mol. The second kappa shape index (κ2) is 11.8. The third-order valence-corrected chi connectivity index (χ3v) is 7.87. The van der Waals surface area contributed by atoms with Crippen molar-refractivity contribution in [2.24, 2.45) is 5.10 Å². The van der Waals surface area contributed by atoms with Crippen molar-refractivity contribution in [3.05, 3.63) is 99.3 Å². The summed E-state index contributed by atoms with van der Waals surface area (Å²) in [4.78, 5) is 18.1. The summed E-state index contributed by atoms with van der Waals surface area (Å²) in [5.74, 6) is 1.29. The highest BCUT2D eigenvalue weighted by atomic mass is 79.9. The van der Waals surface area contributed by atoms with E-state index < -0.39 is 0 Å². The van der Waals surface area contributed by atoms with Gasteiger partial charge in [-0.1, -0.05) is 59.0 Å². The highest BCUT2D eigenvalue weighted by Gasteiger charge is 2.16. The first kappa shape index (κ1) is 27.3. The molecule has 1 heterocycles. The Balaban J connectivity index is 1.66. The minimum atomic E-state index is -0.217. The Morgan fingerprint density at radius 3 is 2.47 bits per heavy atom. The number of nitrogens with zero attached hydrogens (tertiary/aromatic N) is 3. The van der Waals surface area contributed by atoms with E-state index >= 15 is 0 Å². The van der Waals surface area contributed by atoms with Crippen LogP contribution in [0.4, 0.5) is 0 Å². The first-order chi connectivity index (χ1) is 17.2. The minimum Gasteiger partial charge on any atom is -0.486 e. The lowest BCUT2D eigenvalue weighted by Crippen LogP contribution is -2.23. The molecule has 0 radical (unpaired) electrons. The lowest BCUT2D eigenvalue weighted by molar-refractivity contribution is 0.302. The fraction of sp³-hybridized carbons (Fsp3) is 0.192. The second-order valence-electron chi connectivity index (χ2n) is 8.14. The van der Waals surface area contributed by atoms with Crippen molar-refractivity contribution < 1.29 is 4.74 Å². The van der Waals surface area contributed by atoms with E-state index in [9.17, 15) is 4.79 Å². The molecule has 0 saturated heterocycles. The second-order valence-corrected chi connectivity index (χ2v) is 11.6. The van der Waals surface area contributed by atoms with Gasteiger partial charge in [0.2, 0.25) is 0 Å². The van der Waals surface area contributed by atoms with Crippen LogP contribution in [-0.2, 0) is 6.61 Å². The molecule has 4 rings (SSSR count). The van der Waals surface area contributed by atoms with Crippen LogP contribution < -0.4 is 10.3 Å². The molecule has 5 nitrogen and oxygen atoms in total. The van der Waals surface area contributed by atoms with Crippen molar-refractivity contribution in [1.82, 2.24) is 9.66 Å². The van der Waals surface area contributed by atoms with Crippen molar-refractivity contribution in [2.45, 2.75) is 32.8 Å². The minimum absolute atomic E-state index is 0.0526. The fourth-order valence-corrected chi connectivity index (χ4v) is 5.76. The molecule has 0 N–H and O–H groups in total. The summed E-state index contributed by atoms with van der Waals surface area (Å²) in [5.41, 5.74) is 2.02. The number of hydrogen-bond donors (Lipinski definition) is 0. The number of ether oxygens (including phenoxy) is 1. The summed E-state index contributed by atoms with van der Waals surface area (Å²) in [5, 5.41) is 6.15. The number of fused-ring (bicyclic) bond motifs is 1. The van der Waals surface area contributed by atoms with Crippen LogP contribution >= 0.6 is 71.0 Å². The van der Waals surface area contributed by atoms with E-state index in [0.717, 1.165) is 31.0 Å². The molecule has 1 aromatic heterocycles. The van der Waals surface area contributed by atoms with Gasteiger partial charge >= 0.3 is 0 Å². The van der Waals surface area contributed by atoms with E-state index in [0.29, 0.717) is 32.5 Å². The van der Waals surface area contributed by atoms with Gasteiger partial charge in [-0.15, -0.1) is 0 Å². The Bertz CT molecular complexity index is 1520. The van der Waals surface area contributed by atoms with Crippen LogP contribution in [0.2, 0.25) is 10.0 Å². The predicted molar refractivity (Wildman–Crippen MR) is 158 cm³/mol. The number of hydrogen-bond acceptors (Lipinski definition) is 4. The molecular formula is C26H20Br3Cl2N3O2. The Hall–Kier alpha value is -1.71. The Morgan fingerprint density at radius 2 is 1.81 bits per heavy atom. The van der Waals surface area contributed by atoms with E-state index in [1.165, 1.54) is 4.68 Å². The maximum Gasteiger partial charge on any atom is 0.282 e. The highest BCUT2D eigenvalue weighted by molar-refractivity contribution is 9.11. The Morgan fingerprint density at radius 1 is 1.08 bits per heavy atom. The molecule has 0 fully saturated rings. The topological polar surface area (TPSA) is 56.5 Å². The third-order valence-electron chi connectivity index (χ3n) is 5.62. The number of benzene rings is 3. The molecule has 10 heteroatoms. The molecule has 0 spiro atoms. The maximum absolute atomic E-state index is 13.3. The lowest BCUT2D eigenvalue weighted by atomic mass is 10.1. The van der Waals surface area contributed by atoms with E-state index in [1.807, 2.05) is 37.3 Å². The Kier molecular flexibility index (Phi) is 8.94. The zero-order valence-electron chi connectivity index (χ0n) is 19.2. The summed E-state index contributed by atoms with van der Waals surface area (Å²) < 4.78 is 9.64. The van der Waals surface area contributed by atoms with E-state index in [4.69, 9.17) is 32.9 Å². The molecule has 0 aliphatic carbocycles. The van der Waals surface area contributed by atoms with Crippen molar-refractivity contribution in [2.75, 3.05) is 0 Å². The molecule has 1 atom stereocenters. The maximum atomic E-state index is 13.3. The molecule has 3 aromatic carbocycles. The number of halogens is 5. The lowest BCUT2D eigenvalue weighted by Gasteiger charge is -2.14. The van der Waals surface area contributed by atoms with Crippen LogP contribution in [0.5, 0.6) is 5.75 Å². The summed E-state index contributed by atoms with van der Waals surface area (Å²) in [7, 11) is 0. The molecule has 186 valence electrons. The predicted octanol–water partition coefficient (Wildman–Crippen LogP) is 8.97. The highest BCUT2D eigenvalue weighted by Crippen LogP contribution is 2.35. The van der Waals surface area contributed by atoms with Gasteiger partial charge in [0.25, 0.3) is 5.56 Å². The fourth-order valence-electron chi connectivity index (χ4n) is 3.48. The third kappa shape index (κ3) is 6.05. The zero-order chi connectivity index (χ0) is 26.0. The van der Waals surface area contributed by atoms with Crippen LogP contribution in [0.15, 0.2) is 71.8 Å². The van der Waals surface area contributed by atoms with Gasteiger partial charge in [-0.05, 0) is 86.3 Å². The van der Waals surface area contributed by atoms with Crippen LogP contribution in [0.3, 0.4) is 0 Å². The van der Waals surface area contributed by atoms with Crippen LogP contribution in [-0.4, -0.2) is 15.9 Å². The van der Waals surface area contributed by atoms with Gasteiger partial charge in [0.05, 0.1) is 26.1 Å². The molecule has 0 unspecified atom stereocenters. The molecule has 0 saturated carbocycles. The molecular weight excluding hydrogens is 697 g/mol. The molecule has 36 heavy (non-hydrogen) atoms. The SMILES string of the molecule is CC[C@@H](C)c1nc2ccc(Br)cc2c(=O)n1N=Cc1cc(Br)c(OCc2ccc(Cl)cc2Cl)c(Br)c1. The van der Waals surface area contributed by atoms with Gasteiger partial charge in [0.15, 0.2) is 0 Å².